The summed E-state index contributed by atoms with van der Waals surface area (Å²) in [4.78, 5) is 20.2. The predicted octanol–water partition coefficient (Wildman–Crippen LogP) is 2.12. The number of carbonyl (C=O) groups excluding carboxylic acids is 1. The maximum absolute atomic E-state index is 11.6. The highest BCUT2D eigenvalue weighted by atomic mass is 31.2. The van der Waals surface area contributed by atoms with Crippen molar-refractivity contribution in [3.05, 3.63) is 12.7 Å². The lowest BCUT2D eigenvalue weighted by Gasteiger charge is -2.23. The van der Waals surface area contributed by atoms with Crippen LogP contribution in [0, 0.1) is 0 Å². The summed E-state index contributed by atoms with van der Waals surface area (Å²) >= 11 is 0. The van der Waals surface area contributed by atoms with Gasteiger partial charge in [-0.25, -0.2) is 9.36 Å². The number of rotatable bonds is 13. The number of ether oxygens (including phenoxy) is 1. The summed E-state index contributed by atoms with van der Waals surface area (Å²) in [5, 5.41) is 0. The molecule has 0 bridgehead atoms. The first kappa shape index (κ1) is 21.3. The molecule has 0 rings (SSSR count). The summed E-state index contributed by atoms with van der Waals surface area (Å²) in [7, 11) is 2.30. The largest absolute Gasteiger partial charge is 0.472 e. The predicted molar refractivity (Wildman–Crippen MR) is 84.3 cm³/mol. The number of hydrogen-bond donors (Lipinski definition) is 1. The summed E-state index contributed by atoms with van der Waals surface area (Å²) in [6.07, 6.45) is 3.76. The van der Waals surface area contributed by atoms with Gasteiger partial charge in [-0.1, -0.05) is 6.58 Å². The number of phosphoric acid groups is 1. The molecule has 0 aromatic rings. The normalized spacial score (nSPS) is 14.4. The first-order valence-corrected chi connectivity index (χ1v) is 8.87. The van der Waals surface area contributed by atoms with E-state index in [9.17, 15) is 14.3 Å². The topological polar surface area (TPSA) is 82.1 Å². The lowest BCUT2D eigenvalue weighted by Crippen LogP contribution is -2.35. The number of phosphoric ester groups is 1. The Labute approximate surface area is 133 Å². The maximum atomic E-state index is 11.6. The molecular formula is C14H29NO6P+. The van der Waals surface area contributed by atoms with Gasteiger partial charge in [0.25, 0.3) is 0 Å². The molecule has 0 spiro atoms. The summed E-state index contributed by atoms with van der Waals surface area (Å²) in [5.74, 6) is -0.481. The average molecular weight is 338 g/mol. The van der Waals surface area contributed by atoms with Gasteiger partial charge in [0.1, 0.15) is 0 Å². The minimum Gasteiger partial charge on any atom is -0.463 e. The third-order valence-corrected chi connectivity index (χ3v) is 3.70. The quantitative estimate of drug-likeness (QED) is 0.182. The first-order valence-electron chi connectivity index (χ1n) is 7.38. The van der Waals surface area contributed by atoms with E-state index >= 15 is 0 Å². The van der Waals surface area contributed by atoms with Crippen molar-refractivity contribution in [1.29, 1.82) is 0 Å². The van der Waals surface area contributed by atoms with Gasteiger partial charge in [0.15, 0.2) is 0 Å². The van der Waals surface area contributed by atoms with Crippen LogP contribution in [0.3, 0.4) is 0 Å². The molecule has 1 atom stereocenters. The molecule has 0 aliphatic rings. The molecule has 0 fully saturated rings. The van der Waals surface area contributed by atoms with E-state index in [1.807, 2.05) is 0 Å². The molecule has 1 N–H and O–H groups in total. The molecule has 130 valence electrons. The average Bonchev–Trinajstić information content (AvgIpc) is 2.40. The number of unbranched alkanes of at least 4 members (excludes halogenated alkanes) is 2. The van der Waals surface area contributed by atoms with E-state index in [-0.39, 0.29) is 19.8 Å². The van der Waals surface area contributed by atoms with Crippen LogP contribution < -0.4 is 0 Å². The molecule has 8 heteroatoms. The molecule has 0 aliphatic carbocycles. The number of hydrogen-bond acceptors (Lipinski definition) is 5. The van der Waals surface area contributed by atoms with Gasteiger partial charge in [-0.3, -0.25) is 9.05 Å². The van der Waals surface area contributed by atoms with E-state index in [1.54, 1.807) is 0 Å². The molecule has 0 aromatic heterocycles. The Bertz CT molecular complexity index is 380. The fourth-order valence-electron chi connectivity index (χ4n) is 1.52. The van der Waals surface area contributed by atoms with Gasteiger partial charge in [-0.15, -0.1) is 0 Å². The van der Waals surface area contributed by atoms with Gasteiger partial charge in [0, 0.05) is 6.08 Å². The monoisotopic (exact) mass is 338 g/mol. The summed E-state index contributed by atoms with van der Waals surface area (Å²) in [6, 6.07) is 0. The van der Waals surface area contributed by atoms with E-state index in [0.29, 0.717) is 19.3 Å². The molecule has 0 amide bonds. The van der Waals surface area contributed by atoms with Gasteiger partial charge in [0.2, 0.25) is 0 Å². The molecule has 0 saturated heterocycles. The molecule has 0 heterocycles. The van der Waals surface area contributed by atoms with Crippen LogP contribution in [0.2, 0.25) is 0 Å². The van der Waals surface area contributed by atoms with Gasteiger partial charge in [0.05, 0.1) is 47.5 Å². The third kappa shape index (κ3) is 14.2. The maximum Gasteiger partial charge on any atom is 0.472 e. The summed E-state index contributed by atoms with van der Waals surface area (Å²) in [6.45, 7) is 4.76. The molecule has 0 radical (unpaired) electrons. The van der Waals surface area contributed by atoms with Gasteiger partial charge in [-0.05, 0) is 25.7 Å². The molecule has 0 saturated carbocycles. The van der Waals surface area contributed by atoms with Crippen molar-refractivity contribution in [3.63, 3.8) is 0 Å². The van der Waals surface area contributed by atoms with Gasteiger partial charge < -0.3 is 14.1 Å². The Balaban J connectivity index is 3.59. The van der Waals surface area contributed by atoms with Crippen LogP contribution in [0.5, 0.6) is 0 Å². The molecule has 1 unspecified atom stereocenters. The molecule has 7 nitrogen and oxygen atoms in total. The van der Waals surface area contributed by atoms with Crippen LogP contribution in [0.4, 0.5) is 0 Å². The lowest BCUT2D eigenvalue weighted by atomic mass is 10.3. The third-order valence-electron chi connectivity index (χ3n) is 2.68. The zero-order valence-electron chi connectivity index (χ0n) is 13.8. The first-order chi connectivity index (χ1) is 10.2. The summed E-state index contributed by atoms with van der Waals surface area (Å²) in [5.41, 5.74) is 0. The fraction of sp³-hybridized carbons (Fsp3) is 0.786. The van der Waals surface area contributed by atoms with E-state index in [4.69, 9.17) is 13.8 Å². The highest BCUT2D eigenvalue weighted by Crippen LogP contribution is 2.43. The van der Waals surface area contributed by atoms with Crippen LogP contribution in [0.1, 0.15) is 25.7 Å². The highest BCUT2D eigenvalue weighted by Gasteiger charge is 2.20. The fourth-order valence-corrected chi connectivity index (χ4v) is 2.32. The van der Waals surface area contributed by atoms with E-state index in [2.05, 4.69) is 27.7 Å². The summed E-state index contributed by atoms with van der Waals surface area (Å²) < 4.78 is 26.9. The van der Waals surface area contributed by atoms with Crippen molar-refractivity contribution in [2.45, 2.75) is 25.7 Å². The molecule has 0 aromatic carbocycles. The zero-order valence-corrected chi connectivity index (χ0v) is 14.7. The number of quaternary nitrogens is 1. The van der Waals surface area contributed by atoms with Crippen molar-refractivity contribution in [1.82, 2.24) is 0 Å². The Morgan fingerprint density at radius 1 is 1.09 bits per heavy atom. The lowest BCUT2D eigenvalue weighted by molar-refractivity contribution is -0.870. The molecular weight excluding hydrogens is 309 g/mol. The van der Waals surface area contributed by atoms with Crippen molar-refractivity contribution in [2.75, 3.05) is 47.5 Å². The van der Waals surface area contributed by atoms with Crippen LogP contribution in [-0.2, 0) is 23.1 Å². The Kier molecular flexibility index (Phi) is 10.6. The van der Waals surface area contributed by atoms with Crippen molar-refractivity contribution in [3.8, 4) is 0 Å². The highest BCUT2D eigenvalue weighted by molar-refractivity contribution is 7.47. The zero-order chi connectivity index (χ0) is 17.1. The Morgan fingerprint density at radius 2 is 1.59 bits per heavy atom. The second kappa shape index (κ2) is 10.9. The standard InChI is InChI=1S/C14H28NO6P/c1-5-14(16)19-11-8-9-13-21-22(17,18)20-12-7-6-10-15(2,3)4/h5H,1,6-13H2,2-4H3/p+1. The van der Waals surface area contributed by atoms with Crippen LogP contribution in [0.15, 0.2) is 12.7 Å². The number of carbonyl (C=O) groups is 1. The number of esters is 1. The minimum atomic E-state index is -3.98. The molecule has 0 aliphatic heterocycles. The van der Waals surface area contributed by atoms with Crippen LogP contribution in [0.25, 0.3) is 0 Å². The van der Waals surface area contributed by atoms with Gasteiger partial charge in [-0.2, -0.15) is 0 Å². The SMILES string of the molecule is C=CC(=O)OCCCCOP(=O)(O)OCCCC[N+](C)(C)C. The van der Waals surface area contributed by atoms with Gasteiger partial charge >= 0.3 is 13.8 Å². The smallest absolute Gasteiger partial charge is 0.463 e. The second-order valence-electron chi connectivity index (χ2n) is 5.93. The second-order valence-corrected chi connectivity index (χ2v) is 7.39. The molecule has 22 heavy (non-hydrogen) atoms. The van der Waals surface area contributed by atoms with Crippen LogP contribution in [-0.4, -0.2) is 62.9 Å². The Morgan fingerprint density at radius 3 is 2.09 bits per heavy atom. The van der Waals surface area contributed by atoms with E-state index in [1.165, 1.54) is 0 Å². The minimum absolute atomic E-state index is 0.0816. The van der Waals surface area contributed by atoms with Crippen LogP contribution >= 0.6 is 7.82 Å². The van der Waals surface area contributed by atoms with Crippen molar-refractivity contribution < 1.29 is 32.5 Å². The number of nitrogens with zero attached hydrogens (tertiary/aromatic N) is 1. The Hall–Kier alpha value is -0.720. The van der Waals surface area contributed by atoms with Crippen molar-refractivity contribution in [2.24, 2.45) is 0 Å². The van der Waals surface area contributed by atoms with E-state index in [0.717, 1.165) is 23.5 Å². The van der Waals surface area contributed by atoms with E-state index < -0.39 is 13.8 Å². The van der Waals surface area contributed by atoms with Crippen molar-refractivity contribution >= 4 is 13.8 Å².